The van der Waals surface area contributed by atoms with E-state index in [1.165, 1.54) is 6.33 Å². The van der Waals surface area contributed by atoms with Crippen LogP contribution < -0.4 is 5.73 Å². The van der Waals surface area contributed by atoms with Crippen LogP contribution in [-0.4, -0.2) is 44.7 Å². The summed E-state index contributed by atoms with van der Waals surface area (Å²) in [5, 5.41) is 4.01. The molecule has 1 aliphatic rings. The number of amides is 1. The van der Waals surface area contributed by atoms with E-state index in [9.17, 15) is 4.79 Å². The number of carbonyl (C=O) groups is 1. The van der Waals surface area contributed by atoms with Crippen molar-refractivity contribution < 1.29 is 4.79 Å². The number of likely N-dealkylation sites (tertiary alicyclic amines) is 1. The Kier molecular flexibility index (Phi) is 3.42. The molecule has 0 spiro atoms. The minimum atomic E-state index is -0.295. The van der Waals surface area contributed by atoms with E-state index in [0.29, 0.717) is 12.5 Å². The van der Waals surface area contributed by atoms with Crippen LogP contribution in [0.3, 0.4) is 0 Å². The molecule has 1 aromatic rings. The molecule has 0 aromatic carbocycles. The molecule has 6 nitrogen and oxygen atoms in total. The zero-order valence-electron chi connectivity index (χ0n) is 10.3. The van der Waals surface area contributed by atoms with E-state index in [-0.39, 0.29) is 18.0 Å². The molecule has 2 heterocycles. The van der Waals surface area contributed by atoms with E-state index in [1.807, 2.05) is 11.8 Å². The van der Waals surface area contributed by atoms with Crippen molar-refractivity contribution in [3.63, 3.8) is 0 Å². The summed E-state index contributed by atoms with van der Waals surface area (Å²) < 4.78 is 1.59. The topological polar surface area (TPSA) is 77.0 Å². The zero-order valence-corrected chi connectivity index (χ0v) is 10.3. The summed E-state index contributed by atoms with van der Waals surface area (Å²) >= 11 is 0. The number of rotatable bonds is 3. The van der Waals surface area contributed by atoms with Crippen LogP contribution in [0.2, 0.25) is 0 Å². The third-order valence-corrected chi connectivity index (χ3v) is 3.47. The quantitative estimate of drug-likeness (QED) is 0.805. The number of carbonyl (C=O) groups excluding carboxylic acids is 1. The van der Waals surface area contributed by atoms with Gasteiger partial charge in [0, 0.05) is 12.6 Å². The third kappa shape index (κ3) is 2.31. The molecule has 3 atom stereocenters. The van der Waals surface area contributed by atoms with Gasteiger partial charge in [-0.1, -0.05) is 0 Å². The maximum atomic E-state index is 12.3. The van der Waals surface area contributed by atoms with Crippen LogP contribution in [0, 0.1) is 5.92 Å². The molecule has 2 N–H and O–H groups in total. The highest BCUT2D eigenvalue weighted by atomic mass is 16.2. The molecule has 1 aliphatic heterocycles. The molecule has 6 heteroatoms. The Hall–Kier alpha value is -1.43. The maximum Gasteiger partial charge on any atom is 0.247 e. The average Bonchev–Trinajstić information content (AvgIpc) is 2.95. The van der Waals surface area contributed by atoms with Crippen molar-refractivity contribution in [2.75, 3.05) is 13.1 Å². The lowest BCUT2D eigenvalue weighted by Gasteiger charge is -2.25. The summed E-state index contributed by atoms with van der Waals surface area (Å²) in [5.74, 6) is 0.524. The lowest BCUT2D eigenvalue weighted by Crippen LogP contribution is -2.39. The van der Waals surface area contributed by atoms with Gasteiger partial charge in [-0.3, -0.25) is 4.79 Å². The Morgan fingerprint density at radius 2 is 2.41 bits per heavy atom. The van der Waals surface area contributed by atoms with Crippen LogP contribution in [0.1, 0.15) is 26.3 Å². The van der Waals surface area contributed by atoms with Gasteiger partial charge >= 0.3 is 0 Å². The summed E-state index contributed by atoms with van der Waals surface area (Å²) in [4.78, 5) is 18.1. The molecule has 1 fully saturated rings. The predicted molar refractivity (Wildman–Crippen MR) is 63.1 cm³/mol. The van der Waals surface area contributed by atoms with Gasteiger partial charge < -0.3 is 10.6 Å². The third-order valence-electron chi connectivity index (χ3n) is 3.47. The van der Waals surface area contributed by atoms with Gasteiger partial charge in [0.1, 0.15) is 18.7 Å². The molecule has 1 saturated heterocycles. The van der Waals surface area contributed by atoms with Gasteiger partial charge in [0.25, 0.3) is 0 Å². The Morgan fingerprint density at radius 1 is 1.65 bits per heavy atom. The SMILES string of the molecule is CC1CC(CN)CN1C(=O)C(C)n1cncn1. The smallest absolute Gasteiger partial charge is 0.247 e. The molecule has 1 aromatic heterocycles. The molecule has 17 heavy (non-hydrogen) atoms. The summed E-state index contributed by atoms with van der Waals surface area (Å²) in [6.07, 6.45) is 4.01. The van der Waals surface area contributed by atoms with Gasteiger partial charge in [-0.05, 0) is 32.7 Å². The monoisotopic (exact) mass is 237 g/mol. The molecule has 2 rings (SSSR count). The molecular weight excluding hydrogens is 218 g/mol. The first-order valence-corrected chi connectivity index (χ1v) is 5.98. The highest BCUT2D eigenvalue weighted by molar-refractivity contribution is 5.80. The number of hydrogen-bond donors (Lipinski definition) is 1. The normalized spacial score (nSPS) is 26.2. The molecule has 94 valence electrons. The Bertz CT molecular complexity index is 377. The minimum Gasteiger partial charge on any atom is -0.338 e. The largest absolute Gasteiger partial charge is 0.338 e. The van der Waals surface area contributed by atoms with E-state index in [1.54, 1.807) is 11.0 Å². The van der Waals surface area contributed by atoms with Crippen molar-refractivity contribution in [2.24, 2.45) is 11.7 Å². The van der Waals surface area contributed by atoms with Crippen molar-refractivity contribution in [3.8, 4) is 0 Å². The molecule has 0 saturated carbocycles. The van der Waals surface area contributed by atoms with Crippen molar-refractivity contribution in [3.05, 3.63) is 12.7 Å². The van der Waals surface area contributed by atoms with Gasteiger partial charge in [-0.25, -0.2) is 9.67 Å². The average molecular weight is 237 g/mol. The first-order valence-electron chi connectivity index (χ1n) is 5.98. The van der Waals surface area contributed by atoms with Gasteiger partial charge in [0.05, 0.1) is 0 Å². The fourth-order valence-corrected chi connectivity index (χ4v) is 2.39. The van der Waals surface area contributed by atoms with Crippen LogP contribution in [0.5, 0.6) is 0 Å². The minimum absolute atomic E-state index is 0.0963. The summed E-state index contributed by atoms with van der Waals surface area (Å²) in [5.41, 5.74) is 5.66. The van der Waals surface area contributed by atoms with Crippen LogP contribution in [-0.2, 0) is 4.79 Å². The highest BCUT2D eigenvalue weighted by Crippen LogP contribution is 2.24. The molecule has 1 amide bonds. The summed E-state index contributed by atoms with van der Waals surface area (Å²) in [6, 6.07) is -0.0292. The first kappa shape index (κ1) is 12.0. The van der Waals surface area contributed by atoms with E-state index < -0.39 is 0 Å². The highest BCUT2D eigenvalue weighted by Gasteiger charge is 2.34. The van der Waals surface area contributed by atoms with Gasteiger partial charge in [0.2, 0.25) is 5.91 Å². The summed E-state index contributed by atoms with van der Waals surface area (Å²) in [6.45, 7) is 5.32. The summed E-state index contributed by atoms with van der Waals surface area (Å²) in [7, 11) is 0. The fourth-order valence-electron chi connectivity index (χ4n) is 2.39. The Labute approximate surface area is 101 Å². The lowest BCUT2D eigenvalue weighted by molar-refractivity contribution is -0.135. The van der Waals surface area contributed by atoms with Crippen molar-refractivity contribution in [2.45, 2.75) is 32.4 Å². The molecule has 0 aliphatic carbocycles. The van der Waals surface area contributed by atoms with E-state index in [4.69, 9.17) is 5.73 Å². The van der Waals surface area contributed by atoms with Gasteiger partial charge in [-0.2, -0.15) is 5.10 Å². The van der Waals surface area contributed by atoms with Crippen LogP contribution >= 0.6 is 0 Å². The van der Waals surface area contributed by atoms with Crippen molar-refractivity contribution >= 4 is 5.91 Å². The van der Waals surface area contributed by atoms with Gasteiger partial charge in [0.15, 0.2) is 0 Å². The Balaban J connectivity index is 2.05. The van der Waals surface area contributed by atoms with Crippen LogP contribution in [0.25, 0.3) is 0 Å². The molecule has 0 bridgehead atoms. The lowest BCUT2D eigenvalue weighted by atomic mass is 10.1. The second kappa shape index (κ2) is 4.83. The standard InChI is InChI=1S/C11H19N5O/c1-8-3-10(4-12)5-15(8)11(17)9(2)16-7-13-6-14-16/h6-10H,3-5,12H2,1-2H3. The first-order chi connectivity index (χ1) is 8.13. The Morgan fingerprint density at radius 3 is 2.94 bits per heavy atom. The molecule has 0 radical (unpaired) electrons. The van der Waals surface area contributed by atoms with Crippen LogP contribution in [0.15, 0.2) is 12.7 Å². The van der Waals surface area contributed by atoms with Crippen LogP contribution in [0.4, 0.5) is 0 Å². The molecule has 3 unspecified atom stereocenters. The van der Waals surface area contributed by atoms with Crippen molar-refractivity contribution in [1.29, 1.82) is 0 Å². The number of nitrogens with two attached hydrogens (primary N) is 1. The molecular formula is C11H19N5O. The zero-order chi connectivity index (χ0) is 12.4. The van der Waals surface area contributed by atoms with E-state index in [2.05, 4.69) is 17.0 Å². The number of aromatic nitrogens is 3. The predicted octanol–water partition coefficient (Wildman–Crippen LogP) is 0.0348. The maximum absolute atomic E-state index is 12.3. The van der Waals surface area contributed by atoms with E-state index >= 15 is 0 Å². The van der Waals surface area contributed by atoms with Gasteiger partial charge in [-0.15, -0.1) is 0 Å². The second-order valence-corrected chi connectivity index (χ2v) is 4.73. The van der Waals surface area contributed by atoms with Crippen molar-refractivity contribution in [1.82, 2.24) is 19.7 Å². The number of hydrogen-bond acceptors (Lipinski definition) is 4. The fraction of sp³-hybridized carbons (Fsp3) is 0.727. The second-order valence-electron chi connectivity index (χ2n) is 4.73. The van der Waals surface area contributed by atoms with E-state index in [0.717, 1.165) is 13.0 Å². The number of nitrogens with zero attached hydrogens (tertiary/aromatic N) is 4.